The van der Waals surface area contributed by atoms with E-state index >= 15 is 0 Å². The van der Waals surface area contributed by atoms with Crippen LogP contribution in [0.5, 0.6) is 0 Å². The third-order valence-corrected chi connectivity index (χ3v) is 6.98. The summed E-state index contributed by atoms with van der Waals surface area (Å²) in [4.78, 5) is 1.89. The van der Waals surface area contributed by atoms with Crippen LogP contribution in [0, 0.1) is 29.4 Å². The molecule has 3 fully saturated rings. The summed E-state index contributed by atoms with van der Waals surface area (Å²) < 4.78 is 91.9. The number of aromatic nitrogens is 2. The van der Waals surface area contributed by atoms with E-state index in [4.69, 9.17) is 7.48 Å². The second kappa shape index (κ2) is 9.37. The fourth-order valence-corrected chi connectivity index (χ4v) is 5.34. The molecule has 0 spiro atoms. The molecular weight excluding hydrogens is 455 g/mol. The number of nitrogens with one attached hydrogen (secondary N) is 1. The highest BCUT2D eigenvalue weighted by atomic mass is 19.4. The monoisotopic (exact) mass is 484 g/mol. The summed E-state index contributed by atoms with van der Waals surface area (Å²) in [5.41, 5.74) is -1.89. The van der Waals surface area contributed by atoms with Gasteiger partial charge in [0.2, 0.25) is 0 Å². The van der Waals surface area contributed by atoms with Gasteiger partial charge in [0.1, 0.15) is 17.2 Å². The van der Waals surface area contributed by atoms with Crippen molar-refractivity contribution in [2.24, 2.45) is 17.8 Å². The van der Waals surface area contributed by atoms with Crippen LogP contribution in [0.15, 0.2) is 24.3 Å². The van der Waals surface area contributed by atoms with Gasteiger partial charge in [-0.15, -0.1) is 10.2 Å². The van der Waals surface area contributed by atoms with Gasteiger partial charge >= 0.3 is 6.18 Å². The molecule has 184 valence electrons. The largest absolute Gasteiger partial charge is 0.420 e. The molecule has 3 aliphatic rings. The van der Waals surface area contributed by atoms with Gasteiger partial charge in [0, 0.05) is 47.1 Å². The smallest absolute Gasteiger partial charge is 0.381 e. The van der Waals surface area contributed by atoms with Gasteiger partial charge in [0.05, 0.1) is 5.69 Å². The highest BCUT2D eigenvalue weighted by molar-refractivity contribution is 5.63. The summed E-state index contributed by atoms with van der Waals surface area (Å²) in [6, 6.07) is 2.91. The van der Waals surface area contributed by atoms with Crippen LogP contribution in [0.1, 0.15) is 34.0 Å². The predicted octanol–water partition coefficient (Wildman–Crippen LogP) is 4.99. The average Bonchev–Trinajstić information content (AvgIpc) is 3.40. The Morgan fingerprint density at radius 1 is 1.06 bits per heavy atom. The van der Waals surface area contributed by atoms with Crippen LogP contribution in [0.25, 0.3) is 11.3 Å². The standard InChI is InChI=1S/C24H27F5N4O/c25-17-1-2-21(26)19(9-17)22-10-20(24(27,28)29)23(32-31-22)30-18-7-15-12-33(13-16(15)8-18)11-14-3-5-34-6-4-14/h1-2,9-10,14-16,18H,3-8,11-13H2,(H,30,32)/t15-,16+,18?/i11D2. The van der Waals surface area contributed by atoms with E-state index in [1.54, 1.807) is 0 Å². The van der Waals surface area contributed by atoms with Gasteiger partial charge in [0.25, 0.3) is 0 Å². The number of benzene rings is 1. The van der Waals surface area contributed by atoms with Crippen molar-refractivity contribution in [2.45, 2.75) is 37.9 Å². The molecule has 1 unspecified atom stereocenters. The van der Waals surface area contributed by atoms with Gasteiger partial charge in [-0.25, -0.2) is 8.78 Å². The van der Waals surface area contributed by atoms with E-state index in [9.17, 15) is 22.0 Å². The summed E-state index contributed by atoms with van der Waals surface area (Å²) >= 11 is 0. The third kappa shape index (κ3) is 5.02. The van der Waals surface area contributed by atoms with Gasteiger partial charge < -0.3 is 15.0 Å². The SMILES string of the molecule is [2H]C([2H])(C1CCOCC1)N1C[C@H]2CC(Nc3nnc(-c4cc(F)ccc4F)cc3C(F)(F)F)C[C@H]2C1. The molecule has 1 N–H and O–H groups in total. The second-order valence-electron chi connectivity index (χ2n) is 9.37. The van der Waals surface area contributed by atoms with Gasteiger partial charge in [0.15, 0.2) is 5.82 Å². The highest BCUT2D eigenvalue weighted by Gasteiger charge is 2.43. The molecule has 10 heteroatoms. The number of hydrogen-bond donors (Lipinski definition) is 1. The molecule has 3 heterocycles. The highest BCUT2D eigenvalue weighted by Crippen LogP contribution is 2.42. The van der Waals surface area contributed by atoms with Gasteiger partial charge in [-0.1, -0.05) is 0 Å². The van der Waals surface area contributed by atoms with Crippen LogP contribution in [0.4, 0.5) is 27.8 Å². The summed E-state index contributed by atoms with van der Waals surface area (Å²) in [6.07, 6.45) is -2.24. The minimum absolute atomic E-state index is 0.0925. The lowest BCUT2D eigenvalue weighted by atomic mass is 10.00. The summed E-state index contributed by atoms with van der Waals surface area (Å²) in [5.74, 6) is -1.89. The Morgan fingerprint density at radius 3 is 2.44 bits per heavy atom. The van der Waals surface area contributed by atoms with Crippen LogP contribution in [0.2, 0.25) is 0 Å². The minimum atomic E-state index is -4.78. The summed E-state index contributed by atoms with van der Waals surface area (Å²) in [5, 5.41) is 10.3. The maximum atomic E-state index is 14.1. The van der Waals surface area contributed by atoms with Crippen molar-refractivity contribution in [1.82, 2.24) is 15.1 Å². The number of nitrogens with zero attached hydrogens (tertiary/aromatic N) is 3. The lowest BCUT2D eigenvalue weighted by Gasteiger charge is -2.28. The van der Waals surface area contributed by atoms with Crippen molar-refractivity contribution in [1.29, 1.82) is 0 Å². The average molecular weight is 485 g/mol. The van der Waals surface area contributed by atoms with E-state index in [0.717, 1.165) is 18.2 Å². The summed E-state index contributed by atoms with van der Waals surface area (Å²) in [7, 11) is 0. The van der Waals surface area contributed by atoms with Crippen molar-refractivity contribution in [3.63, 3.8) is 0 Å². The van der Waals surface area contributed by atoms with Crippen molar-refractivity contribution in [3.8, 4) is 11.3 Å². The predicted molar refractivity (Wildman–Crippen MR) is 116 cm³/mol. The zero-order valence-corrected chi connectivity index (χ0v) is 18.4. The van der Waals surface area contributed by atoms with E-state index in [2.05, 4.69) is 15.5 Å². The first-order chi connectivity index (χ1) is 17.0. The summed E-state index contributed by atoms with van der Waals surface area (Å²) in [6.45, 7) is 0.799. The molecule has 0 radical (unpaired) electrons. The number of halogens is 5. The Labute approximate surface area is 197 Å². The lowest BCUT2D eigenvalue weighted by molar-refractivity contribution is -0.137. The number of anilines is 1. The zero-order valence-electron chi connectivity index (χ0n) is 20.4. The minimum Gasteiger partial charge on any atom is -0.381 e. The fraction of sp³-hybridized carbons (Fsp3) is 0.583. The van der Waals surface area contributed by atoms with E-state index in [-0.39, 0.29) is 23.8 Å². The van der Waals surface area contributed by atoms with Crippen LogP contribution in [0.3, 0.4) is 0 Å². The van der Waals surface area contributed by atoms with E-state index in [1.807, 2.05) is 4.90 Å². The molecule has 1 saturated carbocycles. The van der Waals surface area contributed by atoms with E-state index in [0.29, 0.717) is 58.1 Å². The Kier molecular flexibility index (Phi) is 5.79. The van der Waals surface area contributed by atoms with Gasteiger partial charge in [-0.2, -0.15) is 13.2 Å². The molecule has 2 aliphatic heterocycles. The van der Waals surface area contributed by atoms with Gasteiger partial charge in [-0.3, -0.25) is 0 Å². The van der Waals surface area contributed by atoms with Crippen LogP contribution in [-0.4, -0.2) is 53.9 Å². The Balaban J connectivity index is 1.29. The maximum absolute atomic E-state index is 14.1. The van der Waals surface area contributed by atoms with Crippen LogP contribution in [-0.2, 0) is 10.9 Å². The zero-order chi connectivity index (χ0) is 25.7. The van der Waals surface area contributed by atoms with E-state index < -0.39 is 46.9 Å². The van der Waals surface area contributed by atoms with Crippen molar-refractivity contribution in [3.05, 3.63) is 41.5 Å². The normalized spacial score (nSPS) is 27.4. The maximum Gasteiger partial charge on any atom is 0.420 e. The third-order valence-electron chi connectivity index (χ3n) is 6.98. The van der Waals surface area contributed by atoms with Crippen molar-refractivity contribution < 1.29 is 29.4 Å². The van der Waals surface area contributed by atoms with Crippen LogP contribution < -0.4 is 5.32 Å². The molecule has 2 aromatic rings. The number of ether oxygens (including phenoxy) is 1. The molecule has 2 saturated heterocycles. The molecule has 1 aromatic heterocycles. The first kappa shape index (κ1) is 21.0. The van der Waals surface area contributed by atoms with E-state index in [1.165, 1.54) is 0 Å². The number of fused-ring (bicyclic) bond motifs is 1. The fourth-order valence-electron chi connectivity index (χ4n) is 5.34. The first-order valence-corrected chi connectivity index (χ1v) is 11.5. The Morgan fingerprint density at radius 2 is 1.76 bits per heavy atom. The molecule has 3 atom stereocenters. The first-order valence-electron chi connectivity index (χ1n) is 12.5. The number of hydrogen-bond acceptors (Lipinski definition) is 5. The molecule has 5 nitrogen and oxygen atoms in total. The van der Waals surface area contributed by atoms with Crippen molar-refractivity contribution in [2.75, 3.05) is 38.1 Å². The number of rotatable bonds is 5. The number of alkyl halides is 3. The van der Waals surface area contributed by atoms with Crippen LogP contribution >= 0.6 is 0 Å². The molecule has 34 heavy (non-hydrogen) atoms. The molecule has 1 aromatic carbocycles. The Bertz CT molecular complexity index is 1100. The molecular formula is C24H27F5N4O. The molecule has 0 amide bonds. The molecule has 0 bridgehead atoms. The van der Waals surface area contributed by atoms with Gasteiger partial charge in [-0.05, 0) is 67.7 Å². The Hall–Kier alpha value is -2.33. The van der Waals surface area contributed by atoms with Crippen molar-refractivity contribution >= 4 is 5.82 Å². The lowest BCUT2D eigenvalue weighted by Crippen LogP contribution is -2.32. The number of likely N-dealkylation sites (tertiary alicyclic amines) is 1. The molecule has 1 aliphatic carbocycles. The quantitative estimate of drug-likeness (QED) is 0.606. The second-order valence-corrected chi connectivity index (χ2v) is 9.37. The molecule has 5 rings (SSSR count). The topological polar surface area (TPSA) is 50.3 Å².